The van der Waals surface area contributed by atoms with Crippen molar-refractivity contribution in [3.63, 3.8) is 0 Å². The fraction of sp³-hybridized carbons (Fsp3) is 0.167. The Labute approximate surface area is 200 Å². The number of hydrogen-bond acceptors (Lipinski definition) is 7. The predicted molar refractivity (Wildman–Crippen MR) is 128 cm³/mol. The van der Waals surface area contributed by atoms with Crippen LogP contribution in [0.4, 0.5) is 11.4 Å². The minimum absolute atomic E-state index is 0.0552. The predicted octanol–water partition coefficient (Wildman–Crippen LogP) is 3.31. The molecule has 0 aliphatic rings. The van der Waals surface area contributed by atoms with Gasteiger partial charge >= 0.3 is 5.97 Å². The lowest BCUT2D eigenvalue weighted by molar-refractivity contribution is -0.147. The third-order valence-electron chi connectivity index (χ3n) is 4.51. The van der Waals surface area contributed by atoms with Crippen LogP contribution >= 0.6 is 11.3 Å². The van der Waals surface area contributed by atoms with Gasteiger partial charge in [-0.25, -0.2) is 0 Å². The zero-order valence-electron chi connectivity index (χ0n) is 18.3. The van der Waals surface area contributed by atoms with Crippen molar-refractivity contribution in [1.29, 1.82) is 0 Å². The third kappa shape index (κ3) is 7.17. The van der Waals surface area contributed by atoms with Gasteiger partial charge in [0, 0.05) is 17.8 Å². The molecule has 1 heterocycles. The molecule has 0 aliphatic heterocycles. The summed E-state index contributed by atoms with van der Waals surface area (Å²) in [5.74, 6) is -1.19. The molecule has 9 nitrogen and oxygen atoms in total. The van der Waals surface area contributed by atoms with Crippen LogP contribution in [0.15, 0.2) is 66.0 Å². The number of benzene rings is 2. The van der Waals surface area contributed by atoms with Crippen LogP contribution in [-0.2, 0) is 14.3 Å². The van der Waals surface area contributed by atoms with Crippen molar-refractivity contribution in [2.75, 3.05) is 30.9 Å². The normalized spacial score (nSPS) is 10.1. The van der Waals surface area contributed by atoms with Crippen molar-refractivity contribution in [3.05, 3.63) is 76.5 Å². The minimum Gasteiger partial charge on any atom is -0.495 e. The molecule has 176 valence electrons. The molecule has 2 aromatic carbocycles. The second-order valence-corrected chi connectivity index (χ2v) is 7.87. The highest BCUT2D eigenvalue weighted by atomic mass is 32.1. The SMILES string of the molecule is COc1ccccc1NC(=O)c1ccc(NC(=O)COC(=O)CCNC(=O)c2cccs2)cc1. The number of para-hydroxylation sites is 2. The van der Waals surface area contributed by atoms with Crippen molar-refractivity contribution in [2.24, 2.45) is 0 Å². The van der Waals surface area contributed by atoms with Crippen LogP contribution in [0.3, 0.4) is 0 Å². The quantitative estimate of drug-likeness (QED) is 0.382. The molecule has 3 rings (SSSR count). The molecular formula is C24H23N3O6S. The molecule has 0 unspecified atom stereocenters. The smallest absolute Gasteiger partial charge is 0.308 e. The van der Waals surface area contributed by atoms with Crippen molar-refractivity contribution in [1.82, 2.24) is 5.32 Å². The topological polar surface area (TPSA) is 123 Å². The van der Waals surface area contributed by atoms with Crippen LogP contribution < -0.4 is 20.7 Å². The standard InChI is InChI=1S/C24H23N3O6S/c1-32-19-6-3-2-5-18(19)27-23(30)16-8-10-17(11-9-16)26-21(28)15-33-22(29)12-13-25-24(31)20-7-4-14-34-20/h2-11,14H,12-13,15H2,1H3,(H,25,31)(H,26,28)(H,27,30). The van der Waals surface area contributed by atoms with Crippen LogP contribution in [-0.4, -0.2) is 44.0 Å². The second kappa shape index (κ2) is 12.2. The molecule has 3 amide bonds. The summed E-state index contributed by atoms with van der Waals surface area (Å²) >= 11 is 1.30. The molecule has 0 bridgehead atoms. The van der Waals surface area contributed by atoms with Gasteiger partial charge in [0.25, 0.3) is 17.7 Å². The number of carbonyl (C=O) groups is 4. The maximum Gasteiger partial charge on any atom is 0.308 e. The highest BCUT2D eigenvalue weighted by Crippen LogP contribution is 2.23. The molecule has 0 saturated carbocycles. The fourth-order valence-electron chi connectivity index (χ4n) is 2.84. The lowest BCUT2D eigenvalue weighted by Gasteiger charge is -2.10. The zero-order chi connectivity index (χ0) is 24.3. The van der Waals surface area contributed by atoms with Gasteiger partial charge < -0.3 is 25.4 Å². The number of anilines is 2. The summed E-state index contributed by atoms with van der Waals surface area (Å²) in [6, 6.07) is 16.7. The number of hydrogen-bond donors (Lipinski definition) is 3. The molecule has 1 aromatic heterocycles. The van der Waals surface area contributed by atoms with Crippen LogP contribution in [0.5, 0.6) is 5.75 Å². The van der Waals surface area contributed by atoms with Gasteiger partial charge in [-0.05, 0) is 47.8 Å². The Morgan fingerprint density at radius 3 is 2.35 bits per heavy atom. The summed E-state index contributed by atoms with van der Waals surface area (Å²) in [5.41, 5.74) is 1.37. The van der Waals surface area contributed by atoms with E-state index in [0.29, 0.717) is 27.6 Å². The third-order valence-corrected chi connectivity index (χ3v) is 5.38. The maximum atomic E-state index is 12.5. The summed E-state index contributed by atoms with van der Waals surface area (Å²) < 4.78 is 10.1. The molecule has 0 spiro atoms. The summed E-state index contributed by atoms with van der Waals surface area (Å²) in [4.78, 5) is 48.6. The molecular weight excluding hydrogens is 458 g/mol. The molecule has 3 aromatic rings. The van der Waals surface area contributed by atoms with Crippen LogP contribution in [0.2, 0.25) is 0 Å². The van der Waals surface area contributed by atoms with Crippen LogP contribution in [0.25, 0.3) is 0 Å². The lowest BCUT2D eigenvalue weighted by atomic mass is 10.2. The van der Waals surface area contributed by atoms with Gasteiger partial charge in [0.05, 0.1) is 24.1 Å². The van der Waals surface area contributed by atoms with E-state index in [1.807, 2.05) is 0 Å². The summed E-state index contributed by atoms with van der Waals surface area (Å²) in [7, 11) is 1.52. The molecule has 10 heteroatoms. The molecule has 34 heavy (non-hydrogen) atoms. The molecule has 3 N–H and O–H groups in total. The lowest BCUT2D eigenvalue weighted by Crippen LogP contribution is -2.27. The number of ether oxygens (including phenoxy) is 2. The highest BCUT2D eigenvalue weighted by Gasteiger charge is 2.12. The Hall–Kier alpha value is -4.18. The number of thiophene rings is 1. The van der Waals surface area contributed by atoms with E-state index in [-0.39, 0.29) is 24.8 Å². The van der Waals surface area contributed by atoms with Crippen molar-refractivity contribution in [2.45, 2.75) is 6.42 Å². The first-order valence-electron chi connectivity index (χ1n) is 10.3. The number of amides is 3. The number of methoxy groups -OCH3 is 1. The van der Waals surface area contributed by atoms with Crippen molar-refractivity contribution < 1.29 is 28.7 Å². The fourth-order valence-corrected chi connectivity index (χ4v) is 3.48. The molecule has 0 aliphatic carbocycles. The molecule has 0 atom stereocenters. The van der Waals surface area contributed by atoms with Crippen LogP contribution in [0.1, 0.15) is 26.5 Å². The van der Waals surface area contributed by atoms with Gasteiger partial charge in [-0.3, -0.25) is 19.2 Å². The van der Waals surface area contributed by atoms with Gasteiger partial charge in [-0.2, -0.15) is 0 Å². The maximum absolute atomic E-state index is 12.5. The number of esters is 1. The first-order chi connectivity index (χ1) is 16.5. The minimum atomic E-state index is -0.606. The number of rotatable bonds is 10. The van der Waals surface area contributed by atoms with Crippen molar-refractivity contribution >= 4 is 46.4 Å². The number of nitrogens with one attached hydrogen (secondary N) is 3. The molecule has 0 saturated heterocycles. The van der Waals surface area contributed by atoms with E-state index in [9.17, 15) is 19.2 Å². The van der Waals surface area contributed by atoms with Crippen LogP contribution in [0, 0.1) is 0 Å². The van der Waals surface area contributed by atoms with E-state index in [2.05, 4.69) is 16.0 Å². The molecule has 0 fully saturated rings. The Balaban J connectivity index is 1.39. The largest absolute Gasteiger partial charge is 0.495 e. The monoisotopic (exact) mass is 481 g/mol. The van der Waals surface area contributed by atoms with E-state index in [0.717, 1.165) is 0 Å². The van der Waals surface area contributed by atoms with E-state index in [1.54, 1.807) is 66.0 Å². The summed E-state index contributed by atoms with van der Waals surface area (Å²) in [6.45, 7) is -0.358. The van der Waals surface area contributed by atoms with Crippen molar-refractivity contribution in [3.8, 4) is 5.75 Å². The van der Waals surface area contributed by atoms with Gasteiger partial charge in [-0.15, -0.1) is 11.3 Å². The van der Waals surface area contributed by atoms with E-state index < -0.39 is 18.5 Å². The average Bonchev–Trinajstić information content (AvgIpc) is 3.39. The Morgan fingerprint density at radius 2 is 1.65 bits per heavy atom. The Kier molecular flexibility index (Phi) is 8.75. The number of carbonyl (C=O) groups excluding carboxylic acids is 4. The molecule has 0 radical (unpaired) electrons. The Morgan fingerprint density at radius 1 is 0.882 bits per heavy atom. The average molecular weight is 482 g/mol. The van der Waals surface area contributed by atoms with Gasteiger partial charge in [0.1, 0.15) is 5.75 Å². The van der Waals surface area contributed by atoms with E-state index in [1.165, 1.54) is 18.4 Å². The zero-order valence-corrected chi connectivity index (χ0v) is 19.1. The second-order valence-electron chi connectivity index (χ2n) is 6.92. The Bertz CT molecular complexity index is 1150. The van der Waals surface area contributed by atoms with E-state index >= 15 is 0 Å². The summed E-state index contributed by atoms with van der Waals surface area (Å²) in [6.07, 6.45) is -0.0552. The van der Waals surface area contributed by atoms with Gasteiger partial charge in [0.15, 0.2) is 6.61 Å². The van der Waals surface area contributed by atoms with Gasteiger partial charge in [0.2, 0.25) is 0 Å². The van der Waals surface area contributed by atoms with Gasteiger partial charge in [-0.1, -0.05) is 18.2 Å². The first kappa shape index (κ1) is 24.5. The van der Waals surface area contributed by atoms with E-state index in [4.69, 9.17) is 9.47 Å². The highest BCUT2D eigenvalue weighted by molar-refractivity contribution is 7.12. The summed E-state index contributed by atoms with van der Waals surface area (Å²) in [5, 5.41) is 9.75. The first-order valence-corrected chi connectivity index (χ1v) is 11.2.